The Balaban J connectivity index is 1.62. The quantitative estimate of drug-likeness (QED) is 0.422. The van der Waals surface area contributed by atoms with Gasteiger partial charge in [-0.25, -0.2) is 9.37 Å². The Morgan fingerprint density at radius 3 is 2.30 bits per heavy atom. The van der Waals surface area contributed by atoms with Crippen LogP contribution in [0.2, 0.25) is 0 Å². The first-order chi connectivity index (χ1) is 15.7. The fourth-order valence-corrected chi connectivity index (χ4v) is 3.20. The molecule has 176 valence electrons. The molecule has 1 unspecified atom stereocenters. The van der Waals surface area contributed by atoms with Gasteiger partial charge in [-0.15, -0.1) is 0 Å². The third kappa shape index (κ3) is 6.89. The molecule has 0 aliphatic carbocycles. The fraction of sp³-hybridized carbons (Fsp3) is 0.333. The lowest BCUT2D eigenvalue weighted by molar-refractivity contribution is -0.137. The Morgan fingerprint density at radius 2 is 1.70 bits per heavy atom. The van der Waals surface area contributed by atoms with Crippen LogP contribution in [-0.4, -0.2) is 21.8 Å². The van der Waals surface area contributed by atoms with Crippen LogP contribution in [0.4, 0.5) is 17.6 Å². The zero-order valence-electron chi connectivity index (χ0n) is 18.3. The van der Waals surface area contributed by atoms with E-state index in [1.54, 1.807) is 12.1 Å². The molecule has 0 aliphatic rings. The molecule has 2 aromatic carbocycles. The first kappa shape index (κ1) is 24.4. The third-order valence-electron chi connectivity index (χ3n) is 5.37. The van der Waals surface area contributed by atoms with Crippen LogP contribution in [0.5, 0.6) is 0 Å². The van der Waals surface area contributed by atoms with Crippen LogP contribution < -0.4 is 5.32 Å². The largest absolute Gasteiger partial charge is 0.447 e. The van der Waals surface area contributed by atoms with Crippen LogP contribution in [0.1, 0.15) is 53.3 Å². The topological polar surface area (TPSA) is 58.4 Å². The Kier molecular flexibility index (Phi) is 7.86. The minimum Gasteiger partial charge on any atom is -0.447 e. The maximum absolute atomic E-state index is 13.0. The molecule has 0 saturated heterocycles. The molecule has 3 aromatic rings. The van der Waals surface area contributed by atoms with Crippen molar-refractivity contribution in [2.75, 3.05) is 0 Å². The molecule has 0 saturated carbocycles. The van der Waals surface area contributed by atoms with Crippen LogP contribution in [0.3, 0.4) is 0 Å². The minimum absolute atomic E-state index is 0.106. The summed E-state index contributed by atoms with van der Waals surface area (Å²) in [5.74, 6) is -0.449. The number of carbonyl (C=O) groups excluding carboxylic acids is 1. The van der Waals surface area contributed by atoms with E-state index in [9.17, 15) is 22.4 Å². The number of amides is 1. The summed E-state index contributed by atoms with van der Waals surface area (Å²) >= 11 is 0. The molecule has 5 nitrogen and oxygen atoms in total. The predicted octanol–water partition coefficient (Wildman–Crippen LogP) is 5.56. The molecule has 1 amide bonds. The summed E-state index contributed by atoms with van der Waals surface area (Å²) in [6.07, 6.45) is -2.30. The van der Waals surface area contributed by atoms with Crippen molar-refractivity contribution in [3.63, 3.8) is 0 Å². The lowest BCUT2D eigenvalue weighted by atomic mass is 10.1. The number of hydrogen-bond donors (Lipinski definition) is 1. The molecule has 0 aliphatic heterocycles. The van der Waals surface area contributed by atoms with Gasteiger partial charge >= 0.3 is 6.18 Å². The highest BCUT2D eigenvalue weighted by molar-refractivity contribution is 5.91. The third-order valence-corrected chi connectivity index (χ3v) is 5.37. The maximum Gasteiger partial charge on any atom is 0.416 e. The lowest BCUT2D eigenvalue weighted by Crippen LogP contribution is -2.32. The first-order valence-electron chi connectivity index (χ1n) is 10.5. The summed E-state index contributed by atoms with van der Waals surface area (Å²) in [5.41, 5.74) is 0.899. The van der Waals surface area contributed by atoms with Crippen molar-refractivity contribution in [3.8, 4) is 0 Å². The Bertz CT molecular complexity index is 1050. The average molecular weight is 463 g/mol. The number of rotatable bonds is 9. The summed E-state index contributed by atoms with van der Waals surface area (Å²) < 4.78 is 56.9. The van der Waals surface area contributed by atoms with Gasteiger partial charge in [-0.2, -0.15) is 13.2 Å². The van der Waals surface area contributed by atoms with E-state index >= 15 is 0 Å². The van der Waals surface area contributed by atoms with Gasteiger partial charge in [-0.05, 0) is 48.7 Å². The van der Waals surface area contributed by atoms with Gasteiger partial charge in [-0.3, -0.25) is 9.69 Å². The number of aromatic nitrogens is 1. The van der Waals surface area contributed by atoms with Gasteiger partial charge in [0.15, 0.2) is 5.69 Å². The number of alkyl halides is 3. The van der Waals surface area contributed by atoms with Crippen molar-refractivity contribution in [2.45, 2.75) is 52.1 Å². The highest BCUT2D eigenvalue weighted by Crippen LogP contribution is 2.29. The SMILES string of the molecule is CCC(C)N(Cc1ccc(C(F)(F)F)cc1)Cc1nc(C(=O)NCc2ccc(F)cc2)co1. The van der Waals surface area contributed by atoms with Crippen molar-refractivity contribution in [1.82, 2.24) is 15.2 Å². The number of nitrogens with zero attached hydrogens (tertiary/aromatic N) is 2. The summed E-state index contributed by atoms with van der Waals surface area (Å²) in [6.45, 7) is 4.93. The van der Waals surface area contributed by atoms with Crippen LogP contribution in [0.15, 0.2) is 59.2 Å². The lowest BCUT2D eigenvalue weighted by Gasteiger charge is -2.27. The molecule has 1 N–H and O–H groups in total. The van der Waals surface area contributed by atoms with E-state index in [0.717, 1.165) is 29.7 Å². The van der Waals surface area contributed by atoms with Gasteiger partial charge in [0.1, 0.15) is 12.1 Å². The van der Waals surface area contributed by atoms with E-state index in [-0.39, 0.29) is 24.1 Å². The normalized spacial score (nSPS) is 12.7. The van der Waals surface area contributed by atoms with E-state index in [4.69, 9.17) is 4.42 Å². The highest BCUT2D eigenvalue weighted by atomic mass is 19.4. The Morgan fingerprint density at radius 1 is 1.06 bits per heavy atom. The second-order valence-electron chi connectivity index (χ2n) is 7.79. The number of benzene rings is 2. The minimum atomic E-state index is -4.37. The van der Waals surface area contributed by atoms with Gasteiger partial charge in [0.25, 0.3) is 5.91 Å². The van der Waals surface area contributed by atoms with Crippen molar-refractivity contribution < 1.29 is 26.8 Å². The molecular weight excluding hydrogens is 438 g/mol. The molecule has 0 bridgehead atoms. The van der Waals surface area contributed by atoms with Gasteiger partial charge in [0.05, 0.1) is 12.1 Å². The predicted molar refractivity (Wildman–Crippen MR) is 115 cm³/mol. The zero-order valence-corrected chi connectivity index (χ0v) is 18.3. The van der Waals surface area contributed by atoms with E-state index in [2.05, 4.69) is 10.3 Å². The number of nitrogens with one attached hydrogen (secondary N) is 1. The number of hydrogen-bond acceptors (Lipinski definition) is 4. The molecular formula is C24H25F4N3O2. The Hall–Kier alpha value is -3.20. The van der Waals surface area contributed by atoms with E-state index < -0.39 is 17.6 Å². The standard InChI is InChI=1S/C24H25F4N3O2/c1-3-16(2)31(13-18-4-8-19(9-5-18)24(26,27)28)14-22-30-21(15-33-22)23(32)29-12-17-6-10-20(25)11-7-17/h4-11,15-16H,3,12-14H2,1-2H3,(H,29,32). The summed E-state index contributed by atoms with van der Waals surface area (Å²) in [4.78, 5) is 18.6. The molecule has 0 fully saturated rings. The van der Waals surface area contributed by atoms with Crippen LogP contribution in [0.25, 0.3) is 0 Å². The van der Waals surface area contributed by atoms with Crippen LogP contribution >= 0.6 is 0 Å². The van der Waals surface area contributed by atoms with Crippen molar-refractivity contribution >= 4 is 5.91 Å². The zero-order chi connectivity index (χ0) is 24.0. The average Bonchev–Trinajstić information content (AvgIpc) is 3.26. The molecule has 9 heteroatoms. The molecule has 1 atom stereocenters. The van der Waals surface area contributed by atoms with E-state index in [1.165, 1.54) is 30.5 Å². The van der Waals surface area contributed by atoms with Gasteiger partial charge in [0, 0.05) is 19.1 Å². The number of carbonyl (C=O) groups is 1. The molecule has 1 aromatic heterocycles. The molecule has 0 spiro atoms. The summed E-state index contributed by atoms with van der Waals surface area (Å²) in [7, 11) is 0. The van der Waals surface area contributed by atoms with Crippen molar-refractivity contribution in [3.05, 3.63) is 88.9 Å². The fourth-order valence-electron chi connectivity index (χ4n) is 3.20. The second kappa shape index (κ2) is 10.6. The highest BCUT2D eigenvalue weighted by Gasteiger charge is 2.30. The van der Waals surface area contributed by atoms with Crippen molar-refractivity contribution in [2.24, 2.45) is 0 Å². The number of halogens is 4. The summed E-state index contributed by atoms with van der Waals surface area (Å²) in [5, 5.41) is 2.70. The smallest absolute Gasteiger partial charge is 0.416 e. The van der Waals surface area contributed by atoms with Crippen LogP contribution in [0, 0.1) is 5.82 Å². The van der Waals surface area contributed by atoms with Gasteiger partial charge < -0.3 is 9.73 Å². The first-order valence-corrected chi connectivity index (χ1v) is 10.5. The van der Waals surface area contributed by atoms with Gasteiger partial charge in [0.2, 0.25) is 5.89 Å². The van der Waals surface area contributed by atoms with Gasteiger partial charge in [-0.1, -0.05) is 31.2 Å². The monoisotopic (exact) mass is 463 g/mol. The number of oxazole rings is 1. The maximum atomic E-state index is 13.0. The second-order valence-corrected chi connectivity index (χ2v) is 7.79. The molecule has 33 heavy (non-hydrogen) atoms. The molecule has 3 rings (SSSR count). The Labute approximate surface area is 189 Å². The molecule has 1 heterocycles. The van der Waals surface area contributed by atoms with Crippen LogP contribution in [-0.2, 0) is 25.8 Å². The van der Waals surface area contributed by atoms with E-state index in [1.807, 2.05) is 18.7 Å². The molecule has 0 radical (unpaired) electrons. The van der Waals surface area contributed by atoms with E-state index in [0.29, 0.717) is 19.0 Å². The summed E-state index contributed by atoms with van der Waals surface area (Å²) in [6, 6.07) is 11.0. The van der Waals surface area contributed by atoms with Crippen molar-refractivity contribution in [1.29, 1.82) is 0 Å².